The molecule has 4 rings (SSSR count). The molecule has 7 heteroatoms. The molecule has 1 N–H and O–H groups in total. The van der Waals surface area contributed by atoms with Crippen LogP contribution in [0.4, 0.5) is 5.82 Å². The summed E-state index contributed by atoms with van der Waals surface area (Å²) >= 11 is 1.70. The molecule has 0 bridgehead atoms. The Kier molecular flexibility index (Phi) is 7.03. The van der Waals surface area contributed by atoms with E-state index in [1.165, 1.54) is 0 Å². The molecule has 154 valence electrons. The molecule has 2 aromatic rings. The van der Waals surface area contributed by atoms with Crippen LogP contribution in [0, 0.1) is 0 Å². The fraction of sp³-hybridized carbons (Fsp3) is 0.455. The quantitative estimate of drug-likeness (QED) is 0.704. The van der Waals surface area contributed by atoms with Gasteiger partial charge in [-0.1, -0.05) is 18.2 Å². The number of anilines is 1. The van der Waals surface area contributed by atoms with Gasteiger partial charge in [0, 0.05) is 43.1 Å². The van der Waals surface area contributed by atoms with Crippen molar-refractivity contribution < 1.29 is 14.3 Å². The number of benzene rings is 1. The number of hydrogen-bond donors (Lipinski definition) is 1. The van der Waals surface area contributed by atoms with E-state index in [1.54, 1.807) is 11.8 Å². The second-order valence-corrected chi connectivity index (χ2v) is 8.31. The highest BCUT2D eigenvalue weighted by Gasteiger charge is 2.18. The molecular formula is C22H27N3O3S. The summed E-state index contributed by atoms with van der Waals surface area (Å²) in [6.45, 7) is 4.52. The number of morpholine rings is 1. The lowest BCUT2D eigenvalue weighted by molar-refractivity contribution is 0.0947. The Labute approximate surface area is 176 Å². The molecule has 1 aromatic heterocycles. The summed E-state index contributed by atoms with van der Waals surface area (Å²) in [7, 11) is 0. The van der Waals surface area contributed by atoms with E-state index in [4.69, 9.17) is 9.47 Å². The highest BCUT2D eigenvalue weighted by atomic mass is 32.2. The van der Waals surface area contributed by atoms with Crippen molar-refractivity contribution >= 4 is 23.5 Å². The van der Waals surface area contributed by atoms with Crippen LogP contribution in [0.2, 0.25) is 0 Å². The first-order valence-electron chi connectivity index (χ1n) is 10.2. The number of aromatic nitrogens is 1. The van der Waals surface area contributed by atoms with E-state index < -0.39 is 0 Å². The normalized spacial score (nSPS) is 19.3. The van der Waals surface area contributed by atoms with Crippen LogP contribution in [0.15, 0.2) is 47.5 Å². The Balaban J connectivity index is 1.32. The van der Waals surface area contributed by atoms with Crippen molar-refractivity contribution in [3.05, 3.63) is 53.7 Å². The van der Waals surface area contributed by atoms with Gasteiger partial charge in [0.15, 0.2) is 0 Å². The number of nitrogens with zero attached hydrogens (tertiary/aromatic N) is 2. The third kappa shape index (κ3) is 5.50. The highest BCUT2D eigenvalue weighted by molar-refractivity contribution is 7.99. The van der Waals surface area contributed by atoms with Crippen LogP contribution in [0.25, 0.3) is 0 Å². The van der Waals surface area contributed by atoms with Gasteiger partial charge in [-0.15, -0.1) is 11.8 Å². The lowest BCUT2D eigenvalue weighted by atomic mass is 10.2. The minimum atomic E-state index is -0.0577. The standard InChI is InChI=1S/C22H27N3O3S/c26-22(19-5-1-2-6-20(19)29-16-18-4-3-11-28-18)24-15-17-7-8-21(23-14-17)25-9-12-27-13-10-25/h1-2,5-8,14,18H,3-4,9-13,15-16H2,(H,24,26)/t18-/m0/s1. The zero-order valence-corrected chi connectivity index (χ0v) is 17.3. The van der Waals surface area contributed by atoms with E-state index in [0.29, 0.717) is 18.2 Å². The molecule has 0 aliphatic carbocycles. The summed E-state index contributed by atoms with van der Waals surface area (Å²) in [4.78, 5) is 20.5. The van der Waals surface area contributed by atoms with Crippen molar-refractivity contribution in [2.24, 2.45) is 0 Å². The lowest BCUT2D eigenvalue weighted by Gasteiger charge is -2.27. The number of carbonyl (C=O) groups is 1. The van der Waals surface area contributed by atoms with Gasteiger partial charge in [-0.3, -0.25) is 4.79 Å². The highest BCUT2D eigenvalue weighted by Crippen LogP contribution is 2.26. The number of carbonyl (C=O) groups excluding carboxylic acids is 1. The molecule has 1 atom stereocenters. The summed E-state index contributed by atoms with van der Waals surface area (Å²) in [5.41, 5.74) is 1.70. The van der Waals surface area contributed by atoms with Crippen LogP contribution in [0.1, 0.15) is 28.8 Å². The summed E-state index contributed by atoms with van der Waals surface area (Å²) < 4.78 is 11.1. The summed E-state index contributed by atoms with van der Waals surface area (Å²) in [6.07, 6.45) is 4.37. The molecule has 1 amide bonds. The largest absolute Gasteiger partial charge is 0.378 e. The van der Waals surface area contributed by atoms with E-state index in [0.717, 1.165) is 67.8 Å². The number of amides is 1. The van der Waals surface area contributed by atoms with Crippen LogP contribution in [-0.4, -0.2) is 55.7 Å². The Bertz CT molecular complexity index is 803. The maximum absolute atomic E-state index is 12.8. The first kappa shape index (κ1) is 20.2. The van der Waals surface area contributed by atoms with Crippen molar-refractivity contribution in [3.63, 3.8) is 0 Å². The maximum Gasteiger partial charge on any atom is 0.252 e. The van der Waals surface area contributed by atoms with E-state index in [2.05, 4.69) is 15.2 Å². The van der Waals surface area contributed by atoms with Crippen LogP contribution >= 0.6 is 11.8 Å². The zero-order valence-electron chi connectivity index (χ0n) is 16.5. The molecule has 2 saturated heterocycles. The monoisotopic (exact) mass is 413 g/mol. The molecule has 2 aliphatic heterocycles. The van der Waals surface area contributed by atoms with Crippen LogP contribution in [-0.2, 0) is 16.0 Å². The molecule has 29 heavy (non-hydrogen) atoms. The van der Waals surface area contributed by atoms with Gasteiger partial charge in [-0.05, 0) is 36.6 Å². The molecule has 0 radical (unpaired) electrons. The van der Waals surface area contributed by atoms with Gasteiger partial charge in [-0.25, -0.2) is 4.98 Å². The molecule has 0 unspecified atom stereocenters. The Morgan fingerprint density at radius 3 is 2.79 bits per heavy atom. The number of ether oxygens (including phenoxy) is 2. The van der Waals surface area contributed by atoms with E-state index in [9.17, 15) is 4.79 Å². The topological polar surface area (TPSA) is 63.7 Å². The van der Waals surface area contributed by atoms with Gasteiger partial charge >= 0.3 is 0 Å². The van der Waals surface area contributed by atoms with E-state index in [1.807, 2.05) is 42.6 Å². The summed E-state index contributed by atoms with van der Waals surface area (Å²) in [5, 5.41) is 3.03. The Hall–Kier alpha value is -2.09. The average molecular weight is 414 g/mol. The van der Waals surface area contributed by atoms with Crippen molar-refractivity contribution in [2.75, 3.05) is 43.6 Å². The molecule has 0 saturated carbocycles. The predicted octanol–water partition coefficient (Wildman–Crippen LogP) is 3.12. The van der Waals surface area contributed by atoms with Crippen LogP contribution in [0.5, 0.6) is 0 Å². The fourth-order valence-corrected chi connectivity index (χ4v) is 4.64. The molecule has 6 nitrogen and oxygen atoms in total. The van der Waals surface area contributed by atoms with Crippen LogP contribution in [0.3, 0.4) is 0 Å². The van der Waals surface area contributed by atoms with Crippen molar-refractivity contribution in [2.45, 2.75) is 30.4 Å². The first-order chi connectivity index (χ1) is 14.3. The summed E-state index contributed by atoms with van der Waals surface area (Å²) in [6, 6.07) is 11.8. The molecule has 2 aliphatic rings. The average Bonchev–Trinajstić information content (AvgIpc) is 3.31. The Morgan fingerprint density at radius 1 is 1.17 bits per heavy atom. The number of rotatable bonds is 7. The number of hydrogen-bond acceptors (Lipinski definition) is 6. The summed E-state index contributed by atoms with van der Waals surface area (Å²) in [5.74, 6) is 1.79. The van der Waals surface area contributed by atoms with Crippen molar-refractivity contribution in [1.82, 2.24) is 10.3 Å². The minimum absolute atomic E-state index is 0.0577. The van der Waals surface area contributed by atoms with Gasteiger partial charge in [0.2, 0.25) is 0 Å². The van der Waals surface area contributed by atoms with Gasteiger partial charge < -0.3 is 19.7 Å². The van der Waals surface area contributed by atoms with Gasteiger partial charge in [0.25, 0.3) is 5.91 Å². The SMILES string of the molecule is O=C(NCc1ccc(N2CCOCC2)nc1)c1ccccc1SC[C@@H]1CCCO1. The third-order valence-corrected chi connectivity index (χ3v) is 6.38. The molecule has 2 fully saturated rings. The van der Waals surface area contributed by atoms with Gasteiger partial charge in [0.05, 0.1) is 24.9 Å². The number of pyridine rings is 1. The fourth-order valence-electron chi connectivity index (χ4n) is 3.52. The molecule has 0 spiro atoms. The van der Waals surface area contributed by atoms with Crippen molar-refractivity contribution in [1.29, 1.82) is 0 Å². The number of nitrogens with one attached hydrogen (secondary N) is 1. The molecular weight excluding hydrogens is 386 g/mol. The first-order valence-corrected chi connectivity index (χ1v) is 11.2. The van der Waals surface area contributed by atoms with Gasteiger partial charge in [0.1, 0.15) is 5.82 Å². The lowest BCUT2D eigenvalue weighted by Crippen LogP contribution is -2.36. The smallest absolute Gasteiger partial charge is 0.252 e. The second-order valence-electron chi connectivity index (χ2n) is 7.25. The predicted molar refractivity (Wildman–Crippen MR) is 115 cm³/mol. The second kappa shape index (κ2) is 10.1. The third-order valence-electron chi connectivity index (χ3n) is 5.18. The minimum Gasteiger partial charge on any atom is -0.378 e. The van der Waals surface area contributed by atoms with E-state index in [-0.39, 0.29) is 5.91 Å². The van der Waals surface area contributed by atoms with E-state index >= 15 is 0 Å². The Morgan fingerprint density at radius 2 is 2.03 bits per heavy atom. The number of thioether (sulfide) groups is 1. The molecule has 1 aromatic carbocycles. The zero-order chi connectivity index (χ0) is 19.9. The maximum atomic E-state index is 12.8. The van der Waals surface area contributed by atoms with Gasteiger partial charge in [-0.2, -0.15) is 0 Å². The molecule has 3 heterocycles. The van der Waals surface area contributed by atoms with Crippen LogP contribution < -0.4 is 10.2 Å². The van der Waals surface area contributed by atoms with Crippen molar-refractivity contribution in [3.8, 4) is 0 Å².